The number of nitrogens with one attached hydrogen (secondary N) is 1. The fourth-order valence-electron chi connectivity index (χ4n) is 2.86. The standard InChI is InChI=1S/C18H21N5O2/c1-5-25-18(24)14-8-19-16-12(3)6-11(2)7-13(16)17(14)20-9-15-21-10-22-23(15)4/h6-8,10H,5,9H2,1-4H3,(H,19,20). The van der Waals surface area contributed by atoms with Gasteiger partial charge in [-0.3, -0.25) is 9.67 Å². The molecule has 0 amide bonds. The van der Waals surface area contributed by atoms with Crippen molar-refractivity contribution in [1.82, 2.24) is 19.7 Å². The Bertz CT molecular complexity index is 933. The number of aryl methyl sites for hydroxylation is 3. The van der Waals surface area contributed by atoms with E-state index in [-0.39, 0.29) is 0 Å². The molecule has 0 saturated heterocycles. The molecule has 1 N–H and O–H groups in total. The van der Waals surface area contributed by atoms with E-state index in [4.69, 9.17) is 4.74 Å². The molecule has 0 atom stereocenters. The number of benzene rings is 1. The Morgan fingerprint density at radius 3 is 2.76 bits per heavy atom. The molecule has 1 aromatic carbocycles. The first-order valence-corrected chi connectivity index (χ1v) is 8.15. The van der Waals surface area contributed by atoms with Crippen LogP contribution < -0.4 is 5.32 Å². The van der Waals surface area contributed by atoms with Gasteiger partial charge in [0, 0.05) is 18.6 Å². The number of rotatable bonds is 5. The van der Waals surface area contributed by atoms with Crippen LogP contribution in [0, 0.1) is 13.8 Å². The van der Waals surface area contributed by atoms with E-state index in [1.807, 2.05) is 27.0 Å². The molecule has 2 aromatic heterocycles. The largest absolute Gasteiger partial charge is 0.462 e. The third-order valence-electron chi connectivity index (χ3n) is 4.03. The highest BCUT2D eigenvalue weighted by molar-refractivity contribution is 6.05. The number of hydrogen-bond acceptors (Lipinski definition) is 6. The van der Waals surface area contributed by atoms with Crippen LogP contribution in [0.1, 0.15) is 34.2 Å². The maximum absolute atomic E-state index is 12.4. The number of anilines is 1. The molecule has 0 bridgehead atoms. The van der Waals surface area contributed by atoms with Crippen LogP contribution in [0.5, 0.6) is 0 Å². The number of nitrogens with zero attached hydrogens (tertiary/aromatic N) is 4. The first-order valence-electron chi connectivity index (χ1n) is 8.15. The fourth-order valence-corrected chi connectivity index (χ4v) is 2.86. The van der Waals surface area contributed by atoms with Gasteiger partial charge in [0.15, 0.2) is 0 Å². The minimum Gasteiger partial charge on any atom is -0.462 e. The number of fused-ring (bicyclic) bond motifs is 1. The van der Waals surface area contributed by atoms with E-state index in [0.29, 0.717) is 24.4 Å². The van der Waals surface area contributed by atoms with Crippen LogP contribution in [0.4, 0.5) is 5.69 Å². The Labute approximate surface area is 146 Å². The van der Waals surface area contributed by atoms with E-state index < -0.39 is 5.97 Å². The molecule has 25 heavy (non-hydrogen) atoms. The molecule has 0 aliphatic carbocycles. The van der Waals surface area contributed by atoms with Crippen molar-refractivity contribution in [3.05, 3.63) is 47.2 Å². The highest BCUT2D eigenvalue weighted by atomic mass is 16.5. The van der Waals surface area contributed by atoms with Gasteiger partial charge in [-0.25, -0.2) is 9.78 Å². The molecule has 7 nitrogen and oxygen atoms in total. The summed E-state index contributed by atoms with van der Waals surface area (Å²) in [7, 11) is 1.83. The second-order valence-corrected chi connectivity index (χ2v) is 5.90. The molecule has 3 aromatic rings. The predicted octanol–water partition coefficient (Wildman–Crippen LogP) is 2.77. The molecule has 0 radical (unpaired) electrons. The minimum absolute atomic E-state index is 0.312. The Balaban J connectivity index is 2.11. The van der Waals surface area contributed by atoms with Crippen molar-refractivity contribution in [2.45, 2.75) is 27.3 Å². The van der Waals surface area contributed by atoms with E-state index in [1.165, 1.54) is 6.33 Å². The van der Waals surface area contributed by atoms with E-state index in [0.717, 1.165) is 27.9 Å². The van der Waals surface area contributed by atoms with Crippen LogP contribution in [0.3, 0.4) is 0 Å². The van der Waals surface area contributed by atoms with Crippen LogP contribution in [0.25, 0.3) is 10.9 Å². The van der Waals surface area contributed by atoms with Gasteiger partial charge in [-0.1, -0.05) is 11.6 Å². The van der Waals surface area contributed by atoms with Crippen molar-refractivity contribution in [2.75, 3.05) is 11.9 Å². The summed E-state index contributed by atoms with van der Waals surface area (Å²) in [5.74, 6) is 0.376. The van der Waals surface area contributed by atoms with E-state index in [1.54, 1.807) is 17.8 Å². The van der Waals surface area contributed by atoms with Gasteiger partial charge in [0.25, 0.3) is 0 Å². The average molecular weight is 339 g/mol. The molecule has 3 rings (SSSR count). The normalized spacial score (nSPS) is 10.9. The first-order chi connectivity index (χ1) is 12.0. The number of pyridine rings is 1. The summed E-state index contributed by atoms with van der Waals surface area (Å²) in [5.41, 5.74) is 4.15. The summed E-state index contributed by atoms with van der Waals surface area (Å²) >= 11 is 0. The lowest BCUT2D eigenvalue weighted by atomic mass is 10.0. The van der Waals surface area contributed by atoms with E-state index >= 15 is 0 Å². The molecule has 0 saturated carbocycles. The molecule has 0 aliphatic heterocycles. The summed E-state index contributed by atoms with van der Waals surface area (Å²) < 4.78 is 6.88. The second-order valence-electron chi connectivity index (χ2n) is 5.90. The molecular formula is C18H21N5O2. The Kier molecular flexibility index (Phi) is 4.65. The predicted molar refractivity (Wildman–Crippen MR) is 95.5 cm³/mol. The lowest BCUT2D eigenvalue weighted by Crippen LogP contribution is -2.13. The molecule has 0 fully saturated rings. The molecule has 7 heteroatoms. The minimum atomic E-state index is -0.392. The Hall–Kier alpha value is -2.96. The van der Waals surface area contributed by atoms with E-state index in [9.17, 15) is 4.79 Å². The third-order valence-corrected chi connectivity index (χ3v) is 4.03. The Morgan fingerprint density at radius 1 is 1.28 bits per heavy atom. The maximum Gasteiger partial charge on any atom is 0.341 e. The summed E-state index contributed by atoms with van der Waals surface area (Å²) in [4.78, 5) is 21.1. The summed E-state index contributed by atoms with van der Waals surface area (Å²) in [5, 5.41) is 8.29. The maximum atomic E-state index is 12.4. The molecule has 0 unspecified atom stereocenters. The Morgan fingerprint density at radius 2 is 2.08 bits per heavy atom. The SMILES string of the molecule is CCOC(=O)c1cnc2c(C)cc(C)cc2c1NCc1ncnn1C. The molecule has 130 valence electrons. The highest BCUT2D eigenvalue weighted by Gasteiger charge is 2.18. The van der Waals surface area contributed by atoms with Crippen molar-refractivity contribution in [3.8, 4) is 0 Å². The highest BCUT2D eigenvalue weighted by Crippen LogP contribution is 2.30. The van der Waals surface area contributed by atoms with Gasteiger partial charge >= 0.3 is 5.97 Å². The number of ether oxygens (including phenoxy) is 1. The van der Waals surface area contributed by atoms with Gasteiger partial charge in [-0.05, 0) is 32.4 Å². The first kappa shape index (κ1) is 16.9. The number of aromatic nitrogens is 4. The number of carbonyl (C=O) groups is 1. The smallest absolute Gasteiger partial charge is 0.341 e. The monoisotopic (exact) mass is 339 g/mol. The van der Waals surface area contributed by atoms with Gasteiger partial charge in [-0.15, -0.1) is 0 Å². The zero-order valence-electron chi connectivity index (χ0n) is 14.8. The van der Waals surface area contributed by atoms with Crippen LogP contribution in [0.2, 0.25) is 0 Å². The van der Waals surface area contributed by atoms with Crippen molar-refractivity contribution < 1.29 is 9.53 Å². The average Bonchev–Trinajstić information content (AvgIpc) is 2.97. The zero-order valence-corrected chi connectivity index (χ0v) is 14.8. The van der Waals surface area contributed by atoms with Crippen molar-refractivity contribution in [3.63, 3.8) is 0 Å². The number of hydrogen-bond donors (Lipinski definition) is 1. The molecule has 2 heterocycles. The molecule has 0 spiro atoms. The van der Waals surface area contributed by atoms with Crippen molar-refractivity contribution in [1.29, 1.82) is 0 Å². The van der Waals surface area contributed by atoms with Gasteiger partial charge in [0.1, 0.15) is 17.7 Å². The van der Waals surface area contributed by atoms with Crippen LogP contribution in [-0.2, 0) is 18.3 Å². The van der Waals surface area contributed by atoms with Gasteiger partial charge in [0.2, 0.25) is 0 Å². The summed E-state index contributed by atoms with van der Waals surface area (Å²) in [6.45, 7) is 6.57. The van der Waals surface area contributed by atoms with Crippen LogP contribution >= 0.6 is 0 Å². The van der Waals surface area contributed by atoms with Gasteiger partial charge in [-0.2, -0.15) is 5.10 Å². The van der Waals surface area contributed by atoms with Crippen LogP contribution in [0.15, 0.2) is 24.7 Å². The number of esters is 1. The fraction of sp³-hybridized carbons (Fsp3) is 0.333. The third kappa shape index (κ3) is 3.31. The van der Waals surface area contributed by atoms with Gasteiger partial charge < -0.3 is 10.1 Å². The van der Waals surface area contributed by atoms with Crippen LogP contribution in [-0.4, -0.2) is 32.3 Å². The van der Waals surface area contributed by atoms with Crippen molar-refractivity contribution >= 4 is 22.6 Å². The number of carbonyl (C=O) groups excluding carboxylic acids is 1. The van der Waals surface area contributed by atoms with Crippen molar-refractivity contribution in [2.24, 2.45) is 7.05 Å². The second kappa shape index (κ2) is 6.88. The van der Waals surface area contributed by atoms with E-state index in [2.05, 4.69) is 26.4 Å². The zero-order chi connectivity index (χ0) is 18.0. The topological polar surface area (TPSA) is 81.9 Å². The summed E-state index contributed by atoms with van der Waals surface area (Å²) in [6, 6.07) is 4.10. The quantitative estimate of drug-likeness (QED) is 0.720. The molecule has 0 aliphatic rings. The summed E-state index contributed by atoms with van der Waals surface area (Å²) in [6.07, 6.45) is 3.07. The lowest BCUT2D eigenvalue weighted by molar-refractivity contribution is 0.0527. The van der Waals surface area contributed by atoms with Gasteiger partial charge in [0.05, 0.1) is 24.4 Å². The lowest BCUT2D eigenvalue weighted by Gasteiger charge is -2.15. The molecular weight excluding hydrogens is 318 g/mol.